The molecule has 5 unspecified atom stereocenters. The molecule has 3 heteroatoms. The first-order chi connectivity index (χ1) is 9.34. The van der Waals surface area contributed by atoms with Crippen LogP contribution in [0.2, 0.25) is 0 Å². The predicted octanol–water partition coefficient (Wildman–Crippen LogP) is 3.13. The zero-order chi connectivity index (χ0) is 14.5. The Bertz CT molecular complexity index is 406. The summed E-state index contributed by atoms with van der Waals surface area (Å²) in [6, 6.07) is -0.0791. The van der Waals surface area contributed by atoms with Gasteiger partial charge in [0.2, 0.25) is 0 Å². The number of piperidine rings is 1. The molecule has 114 valence electrons. The summed E-state index contributed by atoms with van der Waals surface area (Å²) in [7, 11) is 0. The van der Waals surface area contributed by atoms with E-state index in [4.69, 9.17) is 4.74 Å². The average Bonchev–Trinajstić information content (AvgIpc) is 2.72. The van der Waals surface area contributed by atoms with Gasteiger partial charge in [-0.15, -0.1) is 0 Å². The topological polar surface area (TPSA) is 38.3 Å². The molecule has 1 N–H and O–H groups in total. The quantitative estimate of drug-likeness (QED) is 0.789. The molecule has 3 rings (SSSR count). The Hall–Kier alpha value is -0.570. The van der Waals surface area contributed by atoms with E-state index in [1.54, 1.807) is 0 Å². The van der Waals surface area contributed by atoms with Crippen molar-refractivity contribution in [3.63, 3.8) is 0 Å². The number of carbonyl (C=O) groups excluding carboxylic acids is 1. The van der Waals surface area contributed by atoms with Crippen molar-refractivity contribution < 1.29 is 9.53 Å². The number of nitrogens with one attached hydrogen (secondary N) is 1. The highest BCUT2D eigenvalue weighted by Crippen LogP contribution is 2.66. The number of rotatable bonds is 2. The van der Waals surface area contributed by atoms with Crippen molar-refractivity contribution in [1.82, 2.24) is 5.32 Å². The summed E-state index contributed by atoms with van der Waals surface area (Å²) < 4.78 is 5.97. The summed E-state index contributed by atoms with van der Waals surface area (Å²) in [5.41, 5.74) is 0.485. The summed E-state index contributed by atoms with van der Waals surface area (Å²) in [6.45, 7) is 10.2. The molecule has 2 aliphatic carbocycles. The lowest BCUT2D eigenvalue weighted by molar-refractivity contribution is -0.160. The molecule has 5 atom stereocenters. The highest BCUT2D eigenvalue weighted by Gasteiger charge is 2.63. The molecule has 1 aliphatic heterocycles. The number of carbonyl (C=O) groups is 1. The van der Waals surface area contributed by atoms with Crippen LogP contribution in [0.15, 0.2) is 0 Å². The van der Waals surface area contributed by atoms with E-state index in [0.717, 1.165) is 25.3 Å². The fourth-order valence-corrected chi connectivity index (χ4v) is 4.82. The van der Waals surface area contributed by atoms with Gasteiger partial charge < -0.3 is 10.1 Å². The Kier molecular flexibility index (Phi) is 3.39. The van der Waals surface area contributed by atoms with Crippen LogP contribution in [-0.4, -0.2) is 24.7 Å². The zero-order valence-electron chi connectivity index (χ0n) is 13.4. The molecule has 0 aromatic heterocycles. The second kappa shape index (κ2) is 4.72. The lowest BCUT2D eigenvalue weighted by Gasteiger charge is -2.39. The van der Waals surface area contributed by atoms with Crippen LogP contribution in [0.25, 0.3) is 0 Å². The van der Waals surface area contributed by atoms with E-state index in [9.17, 15) is 4.79 Å². The second-order valence-electron chi connectivity index (χ2n) is 8.17. The number of ether oxygens (including phenoxy) is 1. The highest BCUT2D eigenvalue weighted by atomic mass is 16.5. The SMILES string of the molecule is CC1CCNC(C(=O)OC2CC3CCC2(C)C3(C)C)C1. The maximum atomic E-state index is 12.4. The van der Waals surface area contributed by atoms with Gasteiger partial charge in [-0.1, -0.05) is 27.7 Å². The van der Waals surface area contributed by atoms with Crippen LogP contribution in [0, 0.1) is 22.7 Å². The predicted molar refractivity (Wildman–Crippen MR) is 79.3 cm³/mol. The van der Waals surface area contributed by atoms with E-state index in [1.165, 1.54) is 19.3 Å². The third-order valence-corrected chi connectivity index (χ3v) is 6.92. The summed E-state index contributed by atoms with van der Waals surface area (Å²) in [4.78, 5) is 12.4. The molecule has 3 fully saturated rings. The van der Waals surface area contributed by atoms with Crippen molar-refractivity contribution in [2.24, 2.45) is 22.7 Å². The standard InChI is InChI=1S/C17H29NO2/c1-11-6-8-18-13(9-11)15(19)20-14-10-12-5-7-17(14,4)16(12,2)3/h11-14,18H,5-10H2,1-4H3. The van der Waals surface area contributed by atoms with E-state index >= 15 is 0 Å². The molecule has 1 heterocycles. The van der Waals surface area contributed by atoms with Gasteiger partial charge in [0.1, 0.15) is 12.1 Å². The Morgan fingerprint density at radius 2 is 1.95 bits per heavy atom. The van der Waals surface area contributed by atoms with Crippen molar-refractivity contribution in [2.45, 2.75) is 71.9 Å². The van der Waals surface area contributed by atoms with Gasteiger partial charge in [0.25, 0.3) is 0 Å². The molecule has 0 aromatic rings. The smallest absolute Gasteiger partial charge is 0.323 e. The van der Waals surface area contributed by atoms with Gasteiger partial charge in [0.05, 0.1) is 0 Å². The minimum Gasteiger partial charge on any atom is -0.461 e. The van der Waals surface area contributed by atoms with E-state index in [-0.39, 0.29) is 23.5 Å². The van der Waals surface area contributed by atoms with Gasteiger partial charge in [-0.3, -0.25) is 4.79 Å². The Balaban J connectivity index is 1.66. The third-order valence-electron chi connectivity index (χ3n) is 6.92. The van der Waals surface area contributed by atoms with Crippen LogP contribution >= 0.6 is 0 Å². The summed E-state index contributed by atoms with van der Waals surface area (Å²) >= 11 is 0. The number of hydrogen-bond donors (Lipinski definition) is 1. The van der Waals surface area contributed by atoms with E-state index in [2.05, 4.69) is 33.0 Å². The highest BCUT2D eigenvalue weighted by molar-refractivity contribution is 5.76. The number of hydrogen-bond acceptors (Lipinski definition) is 3. The van der Waals surface area contributed by atoms with Crippen molar-refractivity contribution in [3.8, 4) is 0 Å². The maximum Gasteiger partial charge on any atom is 0.323 e. The lowest BCUT2D eigenvalue weighted by Crippen LogP contribution is -2.47. The molecule has 20 heavy (non-hydrogen) atoms. The van der Waals surface area contributed by atoms with Gasteiger partial charge in [0, 0.05) is 5.41 Å². The average molecular weight is 279 g/mol. The first-order valence-corrected chi connectivity index (χ1v) is 8.28. The van der Waals surface area contributed by atoms with Gasteiger partial charge in [-0.05, 0) is 55.9 Å². The van der Waals surface area contributed by atoms with Crippen molar-refractivity contribution in [2.75, 3.05) is 6.54 Å². The van der Waals surface area contributed by atoms with Crippen molar-refractivity contribution >= 4 is 5.97 Å². The van der Waals surface area contributed by atoms with Crippen LogP contribution in [0.5, 0.6) is 0 Å². The molecule has 3 nitrogen and oxygen atoms in total. The fraction of sp³-hybridized carbons (Fsp3) is 0.941. The lowest BCUT2D eigenvalue weighted by atomic mass is 9.70. The van der Waals surface area contributed by atoms with Gasteiger partial charge >= 0.3 is 5.97 Å². The van der Waals surface area contributed by atoms with Crippen molar-refractivity contribution in [1.29, 1.82) is 0 Å². The minimum atomic E-state index is -0.0791. The molecule has 0 radical (unpaired) electrons. The molecule has 0 spiro atoms. The molecular formula is C17H29NO2. The van der Waals surface area contributed by atoms with E-state index in [1.807, 2.05) is 0 Å². The Labute approximate surface area is 122 Å². The molecule has 0 aromatic carbocycles. The second-order valence-corrected chi connectivity index (χ2v) is 8.17. The third kappa shape index (κ3) is 2.01. The summed E-state index contributed by atoms with van der Waals surface area (Å²) in [6.07, 6.45) is 5.79. The van der Waals surface area contributed by atoms with Gasteiger partial charge in [-0.25, -0.2) is 0 Å². The van der Waals surface area contributed by atoms with Crippen molar-refractivity contribution in [3.05, 3.63) is 0 Å². The number of fused-ring (bicyclic) bond motifs is 2. The molecule has 0 amide bonds. The summed E-state index contributed by atoms with van der Waals surface area (Å²) in [5, 5.41) is 3.33. The first kappa shape index (κ1) is 14.4. The molecule has 1 saturated heterocycles. The summed E-state index contributed by atoms with van der Waals surface area (Å²) in [5.74, 6) is 1.34. The van der Waals surface area contributed by atoms with Crippen LogP contribution in [0.3, 0.4) is 0 Å². The van der Waals surface area contributed by atoms with E-state index in [0.29, 0.717) is 11.3 Å². The first-order valence-electron chi connectivity index (χ1n) is 8.28. The van der Waals surface area contributed by atoms with Gasteiger partial charge in [0.15, 0.2) is 0 Å². The Morgan fingerprint density at radius 3 is 2.50 bits per heavy atom. The normalized spacial score (nSPS) is 46.4. The molecular weight excluding hydrogens is 250 g/mol. The van der Waals surface area contributed by atoms with E-state index < -0.39 is 0 Å². The molecule has 2 saturated carbocycles. The Morgan fingerprint density at radius 1 is 1.20 bits per heavy atom. The molecule has 3 aliphatic rings. The largest absolute Gasteiger partial charge is 0.461 e. The number of esters is 1. The monoisotopic (exact) mass is 279 g/mol. The van der Waals surface area contributed by atoms with Crippen LogP contribution < -0.4 is 5.32 Å². The molecule has 2 bridgehead atoms. The minimum absolute atomic E-state index is 0.00822. The van der Waals surface area contributed by atoms with Crippen LogP contribution in [0.1, 0.15) is 59.8 Å². The van der Waals surface area contributed by atoms with Crippen LogP contribution in [-0.2, 0) is 9.53 Å². The maximum absolute atomic E-state index is 12.4. The van der Waals surface area contributed by atoms with Crippen LogP contribution in [0.4, 0.5) is 0 Å². The fourth-order valence-electron chi connectivity index (χ4n) is 4.82. The zero-order valence-corrected chi connectivity index (χ0v) is 13.4. The van der Waals surface area contributed by atoms with Gasteiger partial charge in [-0.2, -0.15) is 0 Å².